The first-order valence-corrected chi connectivity index (χ1v) is 13.4. The van der Waals surface area contributed by atoms with Crippen LogP contribution in [-0.2, 0) is 9.47 Å². The van der Waals surface area contributed by atoms with Crippen LogP contribution < -0.4 is 5.32 Å². The molecule has 0 aromatic carbocycles. The van der Waals surface area contributed by atoms with E-state index in [0.29, 0.717) is 23.7 Å². The lowest BCUT2D eigenvalue weighted by Crippen LogP contribution is -2.44. The molecule has 8 heteroatoms. The van der Waals surface area contributed by atoms with Gasteiger partial charge in [0.25, 0.3) is 0 Å². The summed E-state index contributed by atoms with van der Waals surface area (Å²) in [5, 5.41) is 13.1. The average Bonchev–Trinajstić information content (AvgIpc) is 3.16. The molecule has 194 valence electrons. The maximum Gasteiger partial charge on any atom is 0.410 e. The van der Waals surface area contributed by atoms with E-state index in [2.05, 4.69) is 17.2 Å². The second-order valence-corrected chi connectivity index (χ2v) is 12.6. The van der Waals surface area contributed by atoms with Crippen molar-refractivity contribution in [3.8, 4) is 11.8 Å². The summed E-state index contributed by atoms with van der Waals surface area (Å²) in [6.07, 6.45) is 5.52. The van der Waals surface area contributed by atoms with Gasteiger partial charge in [0.1, 0.15) is 10.5 Å². The number of carbonyl (C=O) groups excluding carboxylic acids is 1. The van der Waals surface area contributed by atoms with Gasteiger partial charge >= 0.3 is 12.1 Å². The zero-order chi connectivity index (χ0) is 25.8. The van der Waals surface area contributed by atoms with E-state index in [0.717, 1.165) is 43.4 Å². The Labute approximate surface area is 213 Å². The lowest BCUT2D eigenvalue weighted by Gasteiger charge is -2.36. The van der Waals surface area contributed by atoms with Gasteiger partial charge < -0.3 is 24.8 Å². The van der Waals surface area contributed by atoms with Gasteiger partial charge in [-0.1, -0.05) is 11.8 Å². The molecule has 1 saturated carbocycles. The van der Waals surface area contributed by atoms with Gasteiger partial charge in [-0.05, 0) is 86.1 Å². The number of hydrogen-bond acceptors (Lipinski definition) is 6. The van der Waals surface area contributed by atoms with Crippen molar-refractivity contribution in [2.75, 3.05) is 18.4 Å². The van der Waals surface area contributed by atoms with Crippen molar-refractivity contribution in [2.24, 2.45) is 5.41 Å². The standard InChI is InChI=1S/C27H40N2O5S/c1-26(2,3)14-11-21-17-22(23(35-21)24(30)31)28-18-7-9-19(10-8-18)33-20-12-15-29(16-13-20)25(32)34-27(4,5)6/h17-20,28H,7-10,12-13,15-16H2,1-6H3,(H,30,31). The monoisotopic (exact) mass is 504 g/mol. The fourth-order valence-corrected chi connectivity index (χ4v) is 5.12. The molecular weight excluding hydrogens is 464 g/mol. The van der Waals surface area contributed by atoms with Crippen molar-refractivity contribution in [1.29, 1.82) is 0 Å². The number of thiophene rings is 1. The summed E-state index contributed by atoms with van der Waals surface area (Å²) in [6.45, 7) is 13.1. The van der Waals surface area contributed by atoms with E-state index in [1.807, 2.05) is 47.6 Å². The van der Waals surface area contributed by atoms with Crippen LogP contribution in [0.3, 0.4) is 0 Å². The molecule has 0 atom stereocenters. The molecule has 3 rings (SSSR count). The fourth-order valence-electron chi connectivity index (χ4n) is 4.30. The Morgan fingerprint density at radius 1 is 1.03 bits per heavy atom. The number of carbonyl (C=O) groups is 2. The van der Waals surface area contributed by atoms with Crippen LogP contribution in [0.2, 0.25) is 0 Å². The summed E-state index contributed by atoms with van der Waals surface area (Å²) in [6, 6.07) is 2.09. The number of nitrogens with one attached hydrogen (secondary N) is 1. The lowest BCUT2D eigenvalue weighted by atomic mass is 9.92. The Bertz CT molecular complexity index is 947. The predicted molar refractivity (Wildman–Crippen MR) is 139 cm³/mol. The third kappa shape index (κ3) is 8.73. The highest BCUT2D eigenvalue weighted by Gasteiger charge is 2.30. The molecule has 7 nitrogen and oxygen atoms in total. The lowest BCUT2D eigenvalue weighted by molar-refractivity contribution is -0.0587. The number of carboxylic acid groups (broad SMARTS) is 1. The molecule has 2 N–H and O–H groups in total. The molecule has 0 bridgehead atoms. The zero-order valence-electron chi connectivity index (χ0n) is 21.9. The van der Waals surface area contributed by atoms with Crippen molar-refractivity contribution < 1.29 is 24.2 Å². The highest BCUT2D eigenvalue weighted by atomic mass is 32.1. The van der Waals surface area contributed by atoms with Crippen LogP contribution in [-0.4, -0.2) is 59.0 Å². The van der Waals surface area contributed by atoms with Gasteiger partial charge in [0.15, 0.2) is 0 Å². The topological polar surface area (TPSA) is 88.1 Å². The van der Waals surface area contributed by atoms with E-state index in [1.165, 1.54) is 11.3 Å². The second-order valence-electron chi connectivity index (χ2n) is 11.6. The van der Waals surface area contributed by atoms with Gasteiger partial charge in [0.05, 0.1) is 22.8 Å². The van der Waals surface area contributed by atoms with Crippen LogP contribution in [0.5, 0.6) is 0 Å². The fraction of sp³-hybridized carbons (Fsp3) is 0.704. The molecule has 2 fully saturated rings. The number of hydrogen-bond donors (Lipinski definition) is 2. The number of carboxylic acids is 1. The smallest absolute Gasteiger partial charge is 0.410 e. The van der Waals surface area contributed by atoms with Crippen molar-refractivity contribution in [2.45, 2.75) is 104 Å². The molecule has 2 aliphatic rings. The van der Waals surface area contributed by atoms with Crippen LogP contribution >= 0.6 is 11.3 Å². The van der Waals surface area contributed by atoms with Crippen LogP contribution in [0.1, 0.15) is 94.6 Å². The molecule has 1 saturated heterocycles. The van der Waals surface area contributed by atoms with Gasteiger partial charge in [-0.2, -0.15) is 0 Å². The van der Waals surface area contributed by atoms with Crippen LogP contribution in [0.15, 0.2) is 6.07 Å². The van der Waals surface area contributed by atoms with Gasteiger partial charge in [0, 0.05) is 24.5 Å². The van der Waals surface area contributed by atoms with E-state index in [-0.39, 0.29) is 29.8 Å². The number of ether oxygens (including phenoxy) is 2. The summed E-state index contributed by atoms with van der Waals surface area (Å²) in [5.41, 5.74) is 0.0536. The summed E-state index contributed by atoms with van der Waals surface area (Å²) >= 11 is 1.23. The number of piperidine rings is 1. The first kappa shape index (κ1) is 27.3. The quantitative estimate of drug-likeness (QED) is 0.480. The van der Waals surface area contributed by atoms with Crippen molar-refractivity contribution in [3.05, 3.63) is 15.8 Å². The maximum atomic E-state index is 12.3. The SMILES string of the molecule is CC(C)(C)C#Cc1cc(NC2CCC(OC3CCN(C(=O)OC(C)(C)C)CC3)CC2)c(C(=O)O)s1. The molecule has 1 aromatic rings. The van der Waals surface area contributed by atoms with Crippen LogP contribution in [0, 0.1) is 17.3 Å². The molecule has 0 unspecified atom stereocenters. The van der Waals surface area contributed by atoms with Gasteiger partial charge in [-0.25, -0.2) is 9.59 Å². The first-order valence-electron chi connectivity index (χ1n) is 12.6. The Morgan fingerprint density at radius 2 is 1.63 bits per heavy atom. The molecular formula is C27H40N2O5S. The molecule has 1 aromatic heterocycles. The number of nitrogens with zero attached hydrogens (tertiary/aromatic N) is 1. The largest absolute Gasteiger partial charge is 0.477 e. The highest BCUT2D eigenvalue weighted by molar-refractivity contribution is 7.15. The zero-order valence-corrected chi connectivity index (χ0v) is 22.7. The number of rotatable bonds is 5. The molecule has 0 spiro atoms. The van der Waals surface area contributed by atoms with Gasteiger partial charge in [-0.15, -0.1) is 11.3 Å². The molecule has 1 amide bonds. The molecule has 2 heterocycles. The number of likely N-dealkylation sites (tertiary alicyclic amines) is 1. The van der Waals surface area contributed by atoms with Gasteiger partial charge in [-0.3, -0.25) is 0 Å². The third-order valence-corrected chi connectivity index (χ3v) is 7.04. The normalized spacial score (nSPS) is 21.7. The van der Waals surface area contributed by atoms with Crippen LogP contribution in [0.25, 0.3) is 0 Å². The van der Waals surface area contributed by atoms with Gasteiger partial charge in [0.2, 0.25) is 0 Å². The minimum absolute atomic E-state index is 0.133. The number of amides is 1. The Kier molecular flexibility index (Phi) is 8.76. The minimum atomic E-state index is -0.920. The number of aromatic carboxylic acids is 1. The first-order chi connectivity index (χ1) is 16.3. The third-order valence-electron chi connectivity index (χ3n) is 6.00. The Balaban J connectivity index is 1.46. The van der Waals surface area contributed by atoms with E-state index in [4.69, 9.17) is 9.47 Å². The summed E-state index contributed by atoms with van der Waals surface area (Å²) in [5.74, 6) is 5.38. The average molecular weight is 505 g/mol. The predicted octanol–water partition coefficient (Wildman–Crippen LogP) is 5.98. The molecule has 0 radical (unpaired) electrons. The van der Waals surface area contributed by atoms with Crippen molar-refractivity contribution in [1.82, 2.24) is 4.90 Å². The molecule has 1 aliphatic heterocycles. The Hall–Kier alpha value is -2.24. The molecule has 1 aliphatic carbocycles. The van der Waals surface area contributed by atoms with E-state index in [9.17, 15) is 14.7 Å². The van der Waals surface area contributed by atoms with E-state index >= 15 is 0 Å². The van der Waals surface area contributed by atoms with E-state index < -0.39 is 11.6 Å². The number of anilines is 1. The van der Waals surface area contributed by atoms with Crippen LogP contribution in [0.4, 0.5) is 10.5 Å². The Morgan fingerprint density at radius 3 is 2.17 bits per heavy atom. The highest BCUT2D eigenvalue weighted by Crippen LogP contribution is 2.32. The summed E-state index contributed by atoms with van der Waals surface area (Å²) < 4.78 is 11.8. The van der Waals surface area contributed by atoms with E-state index in [1.54, 1.807) is 4.90 Å². The summed E-state index contributed by atoms with van der Waals surface area (Å²) in [7, 11) is 0. The minimum Gasteiger partial charge on any atom is -0.477 e. The van der Waals surface area contributed by atoms with Crippen molar-refractivity contribution in [3.63, 3.8) is 0 Å². The molecule has 35 heavy (non-hydrogen) atoms. The maximum absolute atomic E-state index is 12.3. The summed E-state index contributed by atoms with van der Waals surface area (Å²) in [4.78, 5) is 26.9. The van der Waals surface area contributed by atoms with Crippen molar-refractivity contribution >= 4 is 29.1 Å². The second kappa shape index (κ2) is 11.2.